The number of rotatable bonds is 7. The van der Waals surface area contributed by atoms with Gasteiger partial charge >= 0.3 is 0 Å². The molecule has 150 valence electrons. The fourth-order valence-electron chi connectivity index (χ4n) is 3.04. The van der Waals surface area contributed by atoms with Crippen LogP contribution in [0.2, 0.25) is 5.02 Å². The Bertz CT molecular complexity index is 1070. The predicted molar refractivity (Wildman–Crippen MR) is 113 cm³/mol. The summed E-state index contributed by atoms with van der Waals surface area (Å²) in [4.78, 5) is 23.0. The Kier molecular flexibility index (Phi) is 5.77. The van der Waals surface area contributed by atoms with Gasteiger partial charge in [-0.25, -0.2) is 0 Å². The molecule has 4 N–H and O–H groups in total. The number of imide groups is 1. The van der Waals surface area contributed by atoms with E-state index in [0.717, 1.165) is 34.2 Å². The lowest BCUT2D eigenvalue weighted by atomic mass is 10.1. The number of benzene rings is 2. The fourth-order valence-corrected chi connectivity index (χ4v) is 3.97. The summed E-state index contributed by atoms with van der Waals surface area (Å²) >= 11 is 6.87. The number of halogens is 1. The maximum atomic E-state index is 11.7. The number of fused-ring (bicyclic) bond motifs is 1. The van der Waals surface area contributed by atoms with E-state index in [9.17, 15) is 14.7 Å². The van der Waals surface area contributed by atoms with E-state index >= 15 is 0 Å². The van der Waals surface area contributed by atoms with Crippen LogP contribution in [0.25, 0.3) is 11.0 Å². The Hall–Kier alpha value is -2.52. The van der Waals surface area contributed by atoms with Crippen molar-refractivity contribution in [3.63, 3.8) is 0 Å². The maximum Gasteiger partial charge on any atom is 0.288 e. The van der Waals surface area contributed by atoms with Crippen molar-refractivity contribution >= 4 is 51.2 Å². The van der Waals surface area contributed by atoms with E-state index in [4.69, 9.17) is 16.0 Å². The summed E-state index contributed by atoms with van der Waals surface area (Å²) < 4.78 is 5.81. The molecule has 2 aromatic carbocycles. The SMILES string of the molecule is O=C1NC(=O)C(Nc2ccc3oc(CNCC(O)c4cccc(Cl)c4)cc3c2)S1. The van der Waals surface area contributed by atoms with Gasteiger partial charge < -0.3 is 20.2 Å². The van der Waals surface area contributed by atoms with Crippen molar-refractivity contribution in [2.75, 3.05) is 11.9 Å². The number of hydrogen-bond acceptors (Lipinski definition) is 7. The molecule has 4 rings (SSSR count). The van der Waals surface area contributed by atoms with Crippen LogP contribution < -0.4 is 16.0 Å². The van der Waals surface area contributed by atoms with Crippen molar-refractivity contribution in [1.29, 1.82) is 0 Å². The Morgan fingerprint density at radius 1 is 1.21 bits per heavy atom. The molecule has 0 spiro atoms. The first-order chi connectivity index (χ1) is 14.0. The lowest BCUT2D eigenvalue weighted by Gasteiger charge is -2.11. The second-order valence-corrected chi connectivity index (χ2v) is 8.10. The molecule has 0 radical (unpaired) electrons. The zero-order chi connectivity index (χ0) is 20.4. The number of aliphatic hydroxyl groups excluding tert-OH is 1. The number of aliphatic hydroxyl groups is 1. The molecule has 1 aromatic heterocycles. The summed E-state index contributed by atoms with van der Waals surface area (Å²) in [5.41, 5.74) is 2.18. The van der Waals surface area contributed by atoms with E-state index in [-0.39, 0.29) is 11.1 Å². The lowest BCUT2D eigenvalue weighted by Crippen LogP contribution is -2.29. The second-order valence-electron chi connectivity index (χ2n) is 6.59. The van der Waals surface area contributed by atoms with Gasteiger partial charge in [0.1, 0.15) is 11.3 Å². The van der Waals surface area contributed by atoms with Crippen LogP contribution in [0.5, 0.6) is 0 Å². The average molecular weight is 432 g/mol. The molecule has 0 saturated carbocycles. The van der Waals surface area contributed by atoms with Crippen molar-refractivity contribution in [2.45, 2.75) is 18.0 Å². The molecule has 0 bridgehead atoms. The van der Waals surface area contributed by atoms with Gasteiger partial charge in [0.25, 0.3) is 11.1 Å². The van der Waals surface area contributed by atoms with Crippen LogP contribution in [0.4, 0.5) is 10.5 Å². The minimum absolute atomic E-state index is 0.351. The predicted octanol–water partition coefficient (Wildman–Crippen LogP) is 3.63. The molecule has 1 aliphatic heterocycles. The number of carbonyl (C=O) groups is 2. The molecule has 1 saturated heterocycles. The molecule has 2 unspecified atom stereocenters. The van der Waals surface area contributed by atoms with E-state index in [0.29, 0.717) is 23.7 Å². The second kappa shape index (κ2) is 8.46. The van der Waals surface area contributed by atoms with Crippen LogP contribution in [-0.2, 0) is 11.3 Å². The summed E-state index contributed by atoms with van der Waals surface area (Å²) in [6.45, 7) is 0.802. The number of anilines is 1. The number of nitrogens with one attached hydrogen (secondary N) is 3. The smallest absolute Gasteiger partial charge is 0.288 e. The minimum Gasteiger partial charge on any atom is -0.460 e. The van der Waals surface area contributed by atoms with Crippen LogP contribution in [-0.4, -0.2) is 28.2 Å². The quantitative estimate of drug-likeness (QED) is 0.453. The normalized spacial score (nSPS) is 17.5. The van der Waals surface area contributed by atoms with E-state index in [1.807, 2.05) is 18.2 Å². The Morgan fingerprint density at radius 3 is 2.83 bits per heavy atom. The molecule has 0 aliphatic carbocycles. The van der Waals surface area contributed by atoms with Crippen LogP contribution >= 0.6 is 23.4 Å². The molecular weight excluding hydrogens is 414 g/mol. The zero-order valence-electron chi connectivity index (χ0n) is 15.1. The molecule has 2 atom stereocenters. The highest BCUT2D eigenvalue weighted by Gasteiger charge is 2.31. The number of furan rings is 1. The Morgan fingerprint density at radius 2 is 2.07 bits per heavy atom. The van der Waals surface area contributed by atoms with Crippen molar-refractivity contribution < 1.29 is 19.1 Å². The van der Waals surface area contributed by atoms with Crippen LogP contribution in [0.15, 0.2) is 52.9 Å². The van der Waals surface area contributed by atoms with Crippen molar-refractivity contribution in [3.8, 4) is 0 Å². The first-order valence-electron chi connectivity index (χ1n) is 8.93. The highest BCUT2D eigenvalue weighted by molar-refractivity contribution is 8.15. The first kappa shape index (κ1) is 19.8. The minimum atomic E-state index is -0.674. The third kappa shape index (κ3) is 4.73. The topological polar surface area (TPSA) is 104 Å². The van der Waals surface area contributed by atoms with Gasteiger partial charge in [-0.3, -0.25) is 14.9 Å². The van der Waals surface area contributed by atoms with E-state index < -0.39 is 11.5 Å². The third-order valence-electron chi connectivity index (χ3n) is 4.42. The van der Waals surface area contributed by atoms with Gasteiger partial charge in [-0.1, -0.05) is 23.7 Å². The summed E-state index contributed by atoms with van der Waals surface area (Å²) in [5.74, 6) is 0.369. The number of carbonyl (C=O) groups excluding carboxylic acids is 2. The van der Waals surface area contributed by atoms with E-state index in [1.54, 1.807) is 30.3 Å². The molecule has 9 heteroatoms. The number of amides is 2. The average Bonchev–Trinajstić information content (AvgIpc) is 3.23. The Balaban J connectivity index is 1.36. The van der Waals surface area contributed by atoms with E-state index in [1.165, 1.54) is 0 Å². The van der Waals surface area contributed by atoms with Gasteiger partial charge in [-0.2, -0.15) is 0 Å². The van der Waals surface area contributed by atoms with Gasteiger partial charge in [0.05, 0.1) is 12.6 Å². The highest BCUT2D eigenvalue weighted by atomic mass is 35.5. The standard InChI is InChI=1S/C20H18ClN3O4S/c21-13-3-1-2-11(6-13)16(25)10-22-9-15-8-12-7-14(4-5-17(12)28-15)23-19-18(26)24-20(27)29-19/h1-8,16,19,22-23,25H,9-10H2,(H,24,26,27). The third-order valence-corrected chi connectivity index (χ3v) is 5.54. The first-order valence-corrected chi connectivity index (χ1v) is 10.2. The van der Waals surface area contributed by atoms with Gasteiger partial charge in [-0.15, -0.1) is 0 Å². The molecule has 29 heavy (non-hydrogen) atoms. The summed E-state index contributed by atoms with van der Waals surface area (Å²) in [6, 6.07) is 14.5. The van der Waals surface area contributed by atoms with Gasteiger partial charge in [0.15, 0.2) is 5.37 Å². The fraction of sp³-hybridized carbons (Fsp3) is 0.200. The van der Waals surface area contributed by atoms with Crippen LogP contribution in [0.3, 0.4) is 0 Å². The van der Waals surface area contributed by atoms with Gasteiger partial charge in [0.2, 0.25) is 0 Å². The summed E-state index contributed by atoms with van der Waals surface area (Å²) in [5, 5.41) is 19.2. The van der Waals surface area contributed by atoms with Gasteiger partial charge in [-0.05, 0) is 53.7 Å². The largest absolute Gasteiger partial charge is 0.460 e. The van der Waals surface area contributed by atoms with E-state index in [2.05, 4.69) is 16.0 Å². The molecule has 3 aromatic rings. The zero-order valence-corrected chi connectivity index (χ0v) is 16.7. The number of hydrogen-bond donors (Lipinski definition) is 4. The highest BCUT2D eigenvalue weighted by Crippen LogP contribution is 2.26. The van der Waals surface area contributed by atoms with Crippen molar-refractivity contribution in [1.82, 2.24) is 10.6 Å². The molecule has 7 nitrogen and oxygen atoms in total. The molecule has 1 fully saturated rings. The molecule has 2 amide bonds. The maximum absolute atomic E-state index is 11.7. The van der Waals surface area contributed by atoms with Crippen LogP contribution in [0, 0.1) is 0 Å². The molecular formula is C20H18ClN3O4S. The monoisotopic (exact) mass is 431 g/mol. The number of thioether (sulfide) groups is 1. The van der Waals surface area contributed by atoms with Crippen LogP contribution in [0.1, 0.15) is 17.4 Å². The van der Waals surface area contributed by atoms with Gasteiger partial charge in [0, 0.05) is 22.6 Å². The van der Waals surface area contributed by atoms with Crippen molar-refractivity contribution in [3.05, 3.63) is 64.9 Å². The molecule has 2 heterocycles. The Labute approximate surface area is 175 Å². The summed E-state index contributed by atoms with van der Waals surface area (Å²) in [6.07, 6.45) is -0.674. The van der Waals surface area contributed by atoms with Crippen molar-refractivity contribution in [2.24, 2.45) is 0 Å². The summed E-state index contributed by atoms with van der Waals surface area (Å²) in [7, 11) is 0. The lowest BCUT2D eigenvalue weighted by molar-refractivity contribution is -0.118. The molecule has 1 aliphatic rings.